The maximum atomic E-state index is 5.58. The molecule has 0 aliphatic carbocycles. The number of nitrogens with zero attached hydrogens (tertiary/aromatic N) is 2. The zero-order valence-electron chi connectivity index (χ0n) is 6.96. The summed E-state index contributed by atoms with van der Waals surface area (Å²) in [4.78, 5) is 4.21. The molecular weight excluding hydrogens is 140 g/mol. The molecule has 3 N–H and O–H groups in total. The van der Waals surface area contributed by atoms with Gasteiger partial charge in [-0.15, -0.1) is 0 Å². The lowest BCUT2D eigenvalue weighted by molar-refractivity contribution is 0.744. The van der Waals surface area contributed by atoms with Crippen molar-refractivity contribution in [2.45, 2.75) is 32.7 Å². The molecule has 0 aliphatic heterocycles. The van der Waals surface area contributed by atoms with Crippen LogP contribution in [-0.2, 0) is 6.42 Å². The van der Waals surface area contributed by atoms with Gasteiger partial charge in [-0.2, -0.15) is 5.10 Å². The van der Waals surface area contributed by atoms with Crippen molar-refractivity contribution in [1.82, 2.24) is 15.2 Å². The highest BCUT2D eigenvalue weighted by Crippen LogP contribution is 2.02. The van der Waals surface area contributed by atoms with Gasteiger partial charge in [0.25, 0.3) is 0 Å². The van der Waals surface area contributed by atoms with Crippen LogP contribution in [-0.4, -0.2) is 15.2 Å². The third-order valence-corrected chi connectivity index (χ3v) is 1.44. The molecule has 62 valence electrons. The Morgan fingerprint density at radius 1 is 1.64 bits per heavy atom. The predicted molar refractivity (Wildman–Crippen MR) is 43.0 cm³/mol. The number of hydrogen-bond acceptors (Lipinski definition) is 3. The average molecular weight is 154 g/mol. The van der Waals surface area contributed by atoms with Gasteiger partial charge in [-0.1, -0.05) is 6.92 Å². The number of aromatic amines is 1. The molecule has 0 aliphatic rings. The van der Waals surface area contributed by atoms with E-state index < -0.39 is 0 Å². The Morgan fingerprint density at radius 2 is 2.36 bits per heavy atom. The summed E-state index contributed by atoms with van der Waals surface area (Å²) in [6.45, 7) is 3.98. The van der Waals surface area contributed by atoms with Gasteiger partial charge in [-0.05, 0) is 13.3 Å². The van der Waals surface area contributed by atoms with Crippen molar-refractivity contribution in [3.05, 3.63) is 11.6 Å². The minimum Gasteiger partial charge on any atom is -0.321 e. The molecule has 0 bridgehead atoms. The van der Waals surface area contributed by atoms with E-state index in [1.54, 1.807) is 0 Å². The summed E-state index contributed by atoms with van der Waals surface area (Å²) in [5, 5.41) is 6.82. The summed E-state index contributed by atoms with van der Waals surface area (Å²) in [5.41, 5.74) is 5.58. The van der Waals surface area contributed by atoms with Crippen molar-refractivity contribution in [3.8, 4) is 0 Å². The lowest BCUT2D eigenvalue weighted by Crippen LogP contribution is -2.06. The van der Waals surface area contributed by atoms with Gasteiger partial charge in [-0.25, -0.2) is 4.98 Å². The van der Waals surface area contributed by atoms with Crippen LogP contribution in [0.3, 0.4) is 0 Å². The first-order chi connectivity index (χ1) is 5.24. The fourth-order valence-corrected chi connectivity index (χ4v) is 0.862. The fraction of sp³-hybridized carbons (Fsp3) is 0.714. The van der Waals surface area contributed by atoms with Crippen molar-refractivity contribution in [3.63, 3.8) is 0 Å². The lowest BCUT2D eigenvalue weighted by atomic mass is 10.3. The zero-order chi connectivity index (χ0) is 8.27. The van der Waals surface area contributed by atoms with Gasteiger partial charge in [0, 0.05) is 6.42 Å². The largest absolute Gasteiger partial charge is 0.321 e. The fourth-order valence-electron chi connectivity index (χ4n) is 0.862. The second-order valence-corrected chi connectivity index (χ2v) is 2.68. The van der Waals surface area contributed by atoms with Crippen LogP contribution in [0, 0.1) is 0 Å². The van der Waals surface area contributed by atoms with E-state index in [0.29, 0.717) is 5.82 Å². The topological polar surface area (TPSA) is 67.6 Å². The predicted octanol–water partition coefficient (Wildman–Crippen LogP) is 0.777. The molecule has 4 nitrogen and oxygen atoms in total. The number of nitrogens with two attached hydrogens (primary N) is 1. The van der Waals surface area contributed by atoms with E-state index in [0.717, 1.165) is 18.7 Å². The highest BCUT2D eigenvalue weighted by atomic mass is 15.2. The molecule has 0 radical (unpaired) electrons. The van der Waals surface area contributed by atoms with Crippen LogP contribution >= 0.6 is 0 Å². The standard InChI is InChI=1S/C7H14N4/c1-3-4-6-9-7(5(2)8)11-10-6/h5H,3-4,8H2,1-2H3,(H,9,10,11)/t5-/m0/s1. The molecule has 1 rings (SSSR count). The maximum absolute atomic E-state index is 5.58. The van der Waals surface area contributed by atoms with Crippen LogP contribution < -0.4 is 5.73 Å². The molecule has 0 unspecified atom stereocenters. The molecule has 0 spiro atoms. The molecule has 1 heterocycles. The molecule has 0 amide bonds. The first-order valence-corrected chi connectivity index (χ1v) is 3.90. The molecule has 0 fully saturated rings. The van der Waals surface area contributed by atoms with E-state index in [1.807, 2.05) is 6.92 Å². The third-order valence-electron chi connectivity index (χ3n) is 1.44. The van der Waals surface area contributed by atoms with E-state index >= 15 is 0 Å². The Kier molecular flexibility index (Phi) is 2.59. The Balaban J connectivity index is 2.66. The summed E-state index contributed by atoms with van der Waals surface area (Å²) < 4.78 is 0. The molecule has 1 aromatic heterocycles. The third kappa shape index (κ3) is 2.01. The normalized spacial score (nSPS) is 13.4. The minimum atomic E-state index is -0.0724. The maximum Gasteiger partial charge on any atom is 0.167 e. The SMILES string of the molecule is CCCc1nc([C@H](C)N)n[nH]1. The quantitative estimate of drug-likeness (QED) is 0.676. The molecule has 1 atom stereocenters. The molecular formula is C7H14N4. The van der Waals surface area contributed by atoms with Gasteiger partial charge in [0.2, 0.25) is 0 Å². The Labute approximate surface area is 66.2 Å². The first kappa shape index (κ1) is 8.20. The van der Waals surface area contributed by atoms with Crippen molar-refractivity contribution >= 4 is 0 Å². The summed E-state index contributed by atoms with van der Waals surface area (Å²) >= 11 is 0. The number of rotatable bonds is 3. The van der Waals surface area contributed by atoms with Crippen LogP contribution in [0.2, 0.25) is 0 Å². The van der Waals surface area contributed by atoms with Crippen molar-refractivity contribution in [1.29, 1.82) is 0 Å². The monoisotopic (exact) mass is 154 g/mol. The number of nitrogens with one attached hydrogen (secondary N) is 1. The Hall–Kier alpha value is -0.900. The van der Waals surface area contributed by atoms with E-state index in [1.165, 1.54) is 0 Å². The minimum absolute atomic E-state index is 0.0724. The van der Waals surface area contributed by atoms with Crippen molar-refractivity contribution in [2.75, 3.05) is 0 Å². The van der Waals surface area contributed by atoms with Crippen LogP contribution in [0.1, 0.15) is 38.0 Å². The first-order valence-electron chi connectivity index (χ1n) is 3.90. The van der Waals surface area contributed by atoms with Crippen LogP contribution in [0.4, 0.5) is 0 Å². The van der Waals surface area contributed by atoms with Gasteiger partial charge in [-0.3, -0.25) is 5.10 Å². The Bertz CT molecular complexity index is 216. The van der Waals surface area contributed by atoms with Crippen molar-refractivity contribution in [2.24, 2.45) is 5.73 Å². The van der Waals surface area contributed by atoms with Gasteiger partial charge in [0.1, 0.15) is 5.82 Å². The van der Waals surface area contributed by atoms with Crippen LogP contribution in [0.25, 0.3) is 0 Å². The van der Waals surface area contributed by atoms with E-state index in [9.17, 15) is 0 Å². The summed E-state index contributed by atoms with van der Waals surface area (Å²) in [6.07, 6.45) is 2.02. The molecule has 4 heteroatoms. The number of aryl methyl sites for hydroxylation is 1. The number of H-pyrrole nitrogens is 1. The van der Waals surface area contributed by atoms with E-state index in [-0.39, 0.29) is 6.04 Å². The lowest BCUT2D eigenvalue weighted by Gasteiger charge is -1.94. The summed E-state index contributed by atoms with van der Waals surface area (Å²) in [5.74, 6) is 1.63. The smallest absolute Gasteiger partial charge is 0.167 e. The summed E-state index contributed by atoms with van der Waals surface area (Å²) in [6, 6.07) is -0.0724. The summed E-state index contributed by atoms with van der Waals surface area (Å²) in [7, 11) is 0. The zero-order valence-corrected chi connectivity index (χ0v) is 6.96. The Morgan fingerprint density at radius 3 is 2.82 bits per heavy atom. The molecule has 0 saturated carbocycles. The van der Waals surface area contributed by atoms with Gasteiger partial charge in [0.15, 0.2) is 5.82 Å². The average Bonchev–Trinajstić information content (AvgIpc) is 2.37. The van der Waals surface area contributed by atoms with Crippen LogP contribution in [0.5, 0.6) is 0 Å². The highest BCUT2D eigenvalue weighted by Gasteiger charge is 2.05. The second kappa shape index (κ2) is 3.48. The van der Waals surface area contributed by atoms with Gasteiger partial charge >= 0.3 is 0 Å². The van der Waals surface area contributed by atoms with Gasteiger partial charge in [0.05, 0.1) is 6.04 Å². The molecule has 1 aromatic rings. The molecule has 11 heavy (non-hydrogen) atoms. The van der Waals surface area contributed by atoms with E-state index in [4.69, 9.17) is 5.73 Å². The van der Waals surface area contributed by atoms with Crippen LogP contribution in [0.15, 0.2) is 0 Å². The second-order valence-electron chi connectivity index (χ2n) is 2.68. The van der Waals surface area contributed by atoms with Crippen molar-refractivity contribution < 1.29 is 0 Å². The molecule has 0 aromatic carbocycles. The van der Waals surface area contributed by atoms with Gasteiger partial charge < -0.3 is 5.73 Å². The number of aromatic nitrogens is 3. The molecule has 0 saturated heterocycles. The number of hydrogen-bond donors (Lipinski definition) is 2. The van der Waals surface area contributed by atoms with E-state index in [2.05, 4.69) is 22.1 Å². The highest BCUT2D eigenvalue weighted by molar-refractivity contribution is 4.94.